The first-order valence-electron chi connectivity index (χ1n) is 6.18. The average Bonchev–Trinajstić information content (AvgIpc) is 2.73. The second-order valence-corrected chi connectivity index (χ2v) is 4.33. The quantitative estimate of drug-likeness (QED) is 0.775. The van der Waals surface area contributed by atoms with Crippen molar-refractivity contribution in [3.63, 3.8) is 0 Å². The van der Waals surface area contributed by atoms with E-state index in [2.05, 4.69) is 15.6 Å². The average molecular weight is 276 g/mol. The molecule has 2 rings (SSSR count). The number of imidazole rings is 1. The Bertz CT molecular complexity index is 663. The van der Waals surface area contributed by atoms with Crippen molar-refractivity contribution in [2.45, 2.75) is 13.5 Å². The second kappa shape index (κ2) is 5.60. The van der Waals surface area contributed by atoms with Crippen LogP contribution in [0.15, 0.2) is 18.2 Å². The number of hydrogen-bond acceptors (Lipinski definition) is 3. The van der Waals surface area contributed by atoms with Crippen molar-refractivity contribution in [3.8, 4) is 0 Å². The van der Waals surface area contributed by atoms with Gasteiger partial charge >= 0.3 is 12.0 Å². The van der Waals surface area contributed by atoms with Crippen molar-refractivity contribution in [2.75, 3.05) is 13.6 Å². The van der Waals surface area contributed by atoms with E-state index in [1.807, 2.05) is 11.5 Å². The molecular weight excluding hydrogens is 260 g/mol. The molecule has 20 heavy (non-hydrogen) atoms. The molecule has 106 valence electrons. The van der Waals surface area contributed by atoms with E-state index < -0.39 is 5.97 Å². The van der Waals surface area contributed by atoms with Crippen molar-refractivity contribution in [1.29, 1.82) is 0 Å². The Morgan fingerprint density at radius 1 is 1.40 bits per heavy atom. The molecule has 0 bridgehead atoms. The Kier molecular flexibility index (Phi) is 3.88. The van der Waals surface area contributed by atoms with Gasteiger partial charge in [-0.25, -0.2) is 14.6 Å². The Hall–Kier alpha value is -2.57. The molecule has 0 spiro atoms. The van der Waals surface area contributed by atoms with E-state index in [9.17, 15) is 9.59 Å². The number of amides is 2. The molecule has 0 radical (unpaired) electrons. The van der Waals surface area contributed by atoms with Crippen molar-refractivity contribution in [3.05, 3.63) is 29.6 Å². The molecule has 2 amide bonds. The maximum absolute atomic E-state index is 11.1. The molecule has 0 atom stereocenters. The predicted molar refractivity (Wildman–Crippen MR) is 73.9 cm³/mol. The molecule has 1 heterocycles. The van der Waals surface area contributed by atoms with E-state index in [0.29, 0.717) is 18.6 Å². The van der Waals surface area contributed by atoms with Gasteiger partial charge in [-0.15, -0.1) is 0 Å². The number of aromatic carboxylic acids is 1. The fourth-order valence-electron chi connectivity index (χ4n) is 2.04. The van der Waals surface area contributed by atoms with Gasteiger partial charge in [0.25, 0.3) is 0 Å². The normalized spacial score (nSPS) is 10.5. The summed E-state index contributed by atoms with van der Waals surface area (Å²) in [6.45, 7) is 2.88. The lowest BCUT2D eigenvalue weighted by atomic mass is 10.2. The largest absolute Gasteiger partial charge is 0.478 e. The summed E-state index contributed by atoms with van der Waals surface area (Å²) >= 11 is 0. The van der Waals surface area contributed by atoms with E-state index in [-0.39, 0.29) is 11.6 Å². The third-order valence-corrected chi connectivity index (χ3v) is 3.03. The van der Waals surface area contributed by atoms with Crippen molar-refractivity contribution < 1.29 is 14.7 Å². The highest BCUT2D eigenvalue weighted by molar-refractivity contribution is 5.92. The SMILES string of the molecule is CNC(=O)NCCn1c(C)nc2cc(C(=O)O)ccc21. The van der Waals surface area contributed by atoms with Crippen LogP contribution in [0.3, 0.4) is 0 Å². The van der Waals surface area contributed by atoms with Gasteiger partial charge in [0.2, 0.25) is 0 Å². The van der Waals surface area contributed by atoms with E-state index in [0.717, 1.165) is 11.3 Å². The minimum Gasteiger partial charge on any atom is -0.478 e. The Labute approximate surface area is 115 Å². The van der Waals surface area contributed by atoms with Crippen molar-refractivity contribution in [1.82, 2.24) is 20.2 Å². The zero-order valence-electron chi connectivity index (χ0n) is 11.3. The van der Waals surface area contributed by atoms with Crippen LogP contribution < -0.4 is 10.6 Å². The maximum atomic E-state index is 11.1. The molecular formula is C13H16N4O3. The molecule has 0 saturated carbocycles. The van der Waals surface area contributed by atoms with Crippen LogP contribution in [0.25, 0.3) is 11.0 Å². The summed E-state index contributed by atoms with van der Waals surface area (Å²) in [5.41, 5.74) is 1.71. The lowest BCUT2D eigenvalue weighted by Crippen LogP contribution is -2.34. The summed E-state index contributed by atoms with van der Waals surface area (Å²) in [5.74, 6) is -0.193. The highest BCUT2D eigenvalue weighted by Crippen LogP contribution is 2.17. The fourth-order valence-corrected chi connectivity index (χ4v) is 2.04. The van der Waals surface area contributed by atoms with E-state index in [1.54, 1.807) is 25.2 Å². The van der Waals surface area contributed by atoms with Crippen LogP contribution in [0.4, 0.5) is 4.79 Å². The van der Waals surface area contributed by atoms with Crippen LogP contribution in [0.5, 0.6) is 0 Å². The minimum absolute atomic E-state index is 0.214. The van der Waals surface area contributed by atoms with E-state index >= 15 is 0 Å². The summed E-state index contributed by atoms with van der Waals surface area (Å²) in [6, 6.07) is 4.60. The smallest absolute Gasteiger partial charge is 0.335 e. The van der Waals surface area contributed by atoms with Gasteiger partial charge in [-0.2, -0.15) is 0 Å². The van der Waals surface area contributed by atoms with Gasteiger partial charge in [0, 0.05) is 20.1 Å². The van der Waals surface area contributed by atoms with Crippen molar-refractivity contribution in [2.24, 2.45) is 0 Å². The number of fused-ring (bicyclic) bond motifs is 1. The number of carbonyl (C=O) groups excluding carboxylic acids is 1. The van der Waals surface area contributed by atoms with Gasteiger partial charge in [0.15, 0.2) is 0 Å². The highest BCUT2D eigenvalue weighted by Gasteiger charge is 2.10. The first kappa shape index (κ1) is 13.9. The molecule has 0 saturated heterocycles. The van der Waals surface area contributed by atoms with Gasteiger partial charge in [0.05, 0.1) is 16.6 Å². The number of benzene rings is 1. The maximum Gasteiger partial charge on any atom is 0.335 e. The van der Waals surface area contributed by atoms with Crippen LogP contribution >= 0.6 is 0 Å². The molecule has 7 heteroatoms. The number of aromatic nitrogens is 2. The minimum atomic E-state index is -0.972. The summed E-state index contributed by atoms with van der Waals surface area (Å²) < 4.78 is 1.94. The van der Waals surface area contributed by atoms with Gasteiger partial charge in [0.1, 0.15) is 5.82 Å². The molecule has 0 aliphatic carbocycles. The van der Waals surface area contributed by atoms with Gasteiger partial charge in [-0.3, -0.25) is 0 Å². The molecule has 0 aliphatic rings. The van der Waals surface area contributed by atoms with Gasteiger partial charge < -0.3 is 20.3 Å². The van der Waals surface area contributed by atoms with Crippen LogP contribution in [0.1, 0.15) is 16.2 Å². The number of carbonyl (C=O) groups is 2. The molecule has 2 aromatic rings. The standard InChI is InChI=1S/C13H16N4O3/c1-8-16-10-7-9(12(18)19)3-4-11(10)17(8)6-5-15-13(20)14-2/h3-4,7H,5-6H2,1-2H3,(H,18,19)(H2,14,15,20). The Morgan fingerprint density at radius 3 is 2.80 bits per heavy atom. The molecule has 1 aromatic heterocycles. The summed E-state index contributed by atoms with van der Waals surface area (Å²) in [7, 11) is 1.56. The lowest BCUT2D eigenvalue weighted by molar-refractivity contribution is 0.0697. The number of hydrogen-bond donors (Lipinski definition) is 3. The van der Waals surface area contributed by atoms with Gasteiger partial charge in [-0.1, -0.05) is 0 Å². The van der Waals surface area contributed by atoms with E-state index in [1.165, 1.54) is 0 Å². The van der Waals surface area contributed by atoms with Crippen LogP contribution in [-0.4, -0.2) is 40.3 Å². The predicted octanol–water partition coefficient (Wildman–Crippen LogP) is 0.972. The Morgan fingerprint density at radius 2 is 2.15 bits per heavy atom. The van der Waals surface area contributed by atoms with E-state index in [4.69, 9.17) is 5.11 Å². The number of nitrogens with zero attached hydrogens (tertiary/aromatic N) is 2. The summed E-state index contributed by atoms with van der Waals surface area (Å²) in [5, 5.41) is 14.1. The van der Waals surface area contributed by atoms with Crippen LogP contribution in [0.2, 0.25) is 0 Å². The van der Waals surface area contributed by atoms with Crippen LogP contribution in [0, 0.1) is 6.92 Å². The third-order valence-electron chi connectivity index (χ3n) is 3.03. The number of nitrogens with one attached hydrogen (secondary N) is 2. The fraction of sp³-hybridized carbons (Fsp3) is 0.308. The molecule has 3 N–H and O–H groups in total. The molecule has 0 unspecified atom stereocenters. The Balaban J connectivity index is 2.23. The summed E-state index contributed by atoms with van der Waals surface area (Å²) in [4.78, 5) is 26.4. The molecule has 7 nitrogen and oxygen atoms in total. The monoisotopic (exact) mass is 276 g/mol. The number of carboxylic acid groups (broad SMARTS) is 1. The summed E-state index contributed by atoms with van der Waals surface area (Å²) in [6.07, 6.45) is 0. The number of carboxylic acids is 1. The molecule has 1 aromatic carbocycles. The zero-order valence-corrected chi connectivity index (χ0v) is 11.3. The first-order valence-corrected chi connectivity index (χ1v) is 6.18. The lowest BCUT2D eigenvalue weighted by Gasteiger charge is -2.08. The second-order valence-electron chi connectivity index (χ2n) is 4.33. The number of rotatable bonds is 4. The van der Waals surface area contributed by atoms with Crippen LogP contribution in [-0.2, 0) is 6.54 Å². The highest BCUT2D eigenvalue weighted by atomic mass is 16.4. The zero-order chi connectivity index (χ0) is 14.7. The van der Waals surface area contributed by atoms with Crippen molar-refractivity contribution >= 4 is 23.0 Å². The molecule has 0 fully saturated rings. The third kappa shape index (κ3) is 2.71. The van der Waals surface area contributed by atoms with Gasteiger partial charge in [-0.05, 0) is 25.1 Å². The topological polar surface area (TPSA) is 96.3 Å². The number of aryl methyl sites for hydroxylation is 1. The molecule has 0 aliphatic heterocycles. The first-order chi connectivity index (χ1) is 9.52. The number of urea groups is 1.